The molecule has 0 saturated heterocycles. The Morgan fingerprint density at radius 1 is 1.45 bits per heavy atom. The minimum Gasteiger partial charge on any atom is -0.390 e. The highest BCUT2D eigenvalue weighted by Crippen LogP contribution is 2.48. The first-order valence-electron chi connectivity index (χ1n) is 4.62. The molecular formula is C10H20O. The summed E-state index contributed by atoms with van der Waals surface area (Å²) in [5, 5.41) is 10.1. The van der Waals surface area contributed by atoms with Crippen molar-refractivity contribution in [3.63, 3.8) is 0 Å². The van der Waals surface area contributed by atoms with Crippen LogP contribution in [-0.4, -0.2) is 10.7 Å². The molecule has 1 nitrogen and oxygen atoms in total. The van der Waals surface area contributed by atoms with Gasteiger partial charge in [0.15, 0.2) is 0 Å². The van der Waals surface area contributed by atoms with Crippen LogP contribution in [-0.2, 0) is 0 Å². The molecule has 1 rings (SSSR count). The van der Waals surface area contributed by atoms with Crippen molar-refractivity contribution < 1.29 is 5.11 Å². The SMILES string of the molecule is CCC1(O)CC(C)(C)CC1C. The van der Waals surface area contributed by atoms with E-state index in [0.717, 1.165) is 19.3 Å². The lowest BCUT2D eigenvalue weighted by Crippen LogP contribution is -2.30. The van der Waals surface area contributed by atoms with E-state index in [1.54, 1.807) is 0 Å². The summed E-state index contributed by atoms with van der Waals surface area (Å²) < 4.78 is 0. The van der Waals surface area contributed by atoms with Crippen molar-refractivity contribution >= 4 is 0 Å². The summed E-state index contributed by atoms with van der Waals surface area (Å²) in [4.78, 5) is 0. The molecule has 0 aromatic carbocycles. The van der Waals surface area contributed by atoms with Gasteiger partial charge in [-0.25, -0.2) is 0 Å². The van der Waals surface area contributed by atoms with Gasteiger partial charge in [-0.2, -0.15) is 0 Å². The quantitative estimate of drug-likeness (QED) is 0.618. The molecule has 0 aliphatic heterocycles. The standard InChI is InChI=1S/C10H20O/c1-5-10(11)7-9(3,4)6-8(10)2/h8,11H,5-7H2,1-4H3. The molecule has 11 heavy (non-hydrogen) atoms. The van der Waals surface area contributed by atoms with Gasteiger partial charge in [0.25, 0.3) is 0 Å². The fourth-order valence-electron chi connectivity index (χ4n) is 2.57. The first kappa shape index (κ1) is 9.05. The smallest absolute Gasteiger partial charge is 0.0675 e. The van der Waals surface area contributed by atoms with E-state index in [9.17, 15) is 5.11 Å². The van der Waals surface area contributed by atoms with Gasteiger partial charge in [-0.15, -0.1) is 0 Å². The van der Waals surface area contributed by atoms with E-state index >= 15 is 0 Å². The predicted octanol–water partition coefficient (Wildman–Crippen LogP) is 2.58. The van der Waals surface area contributed by atoms with Crippen molar-refractivity contribution in [2.24, 2.45) is 11.3 Å². The Balaban J connectivity index is 2.73. The van der Waals surface area contributed by atoms with Crippen molar-refractivity contribution in [3.05, 3.63) is 0 Å². The van der Waals surface area contributed by atoms with Gasteiger partial charge in [0.05, 0.1) is 5.60 Å². The highest BCUT2D eigenvalue weighted by atomic mass is 16.3. The first-order chi connectivity index (χ1) is 4.90. The van der Waals surface area contributed by atoms with Crippen molar-refractivity contribution in [2.75, 3.05) is 0 Å². The zero-order valence-corrected chi connectivity index (χ0v) is 8.15. The molecule has 0 spiro atoms. The Morgan fingerprint density at radius 3 is 2.18 bits per heavy atom. The molecule has 66 valence electrons. The highest BCUT2D eigenvalue weighted by Gasteiger charge is 2.45. The summed E-state index contributed by atoms with van der Waals surface area (Å²) in [5.41, 5.74) is -0.0202. The lowest BCUT2D eigenvalue weighted by atomic mass is 9.88. The van der Waals surface area contributed by atoms with Gasteiger partial charge >= 0.3 is 0 Å². The fraction of sp³-hybridized carbons (Fsp3) is 1.00. The molecule has 0 radical (unpaired) electrons. The predicted molar refractivity (Wildman–Crippen MR) is 47.4 cm³/mol. The van der Waals surface area contributed by atoms with Gasteiger partial charge < -0.3 is 5.11 Å². The molecule has 0 aromatic rings. The van der Waals surface area contributed by atoms with Gasteiger partial charge in [-0.3, -0.25) is 0 Å². The molecule has 1 heteroatoms. The van der Waals surface area contributed by atoms with E-state index in [0.29, 0.717) is 11.3 Å². The molecule has 2 unspecified atom stereocenters. The molecule has 1 N–H and O–H groups in total. The minimum absolute atomic E-state index is 0.351. The van der Waals surface area contributed by atoms with Crippen LogP contribution in [0.4, 0.5) is 0 Å². The summed E-state index contributed by atoms with van der Waals surface area (Å²) in [6, 6.07) is 0. The summed E-state index contributed by atoms with van der Waals surface area (Å²) >= 11 is 0. The van der Waals surface area contributed by atoms with Crippen LogP contribution >= 0.6 is 0 Å². The van der Waals surface area contributed by atoms with Gasteiger partial charge in [0, 0.05) is 0 Å². The second-order valence-corrected chi connectivity index (χ2v) is 4.90. The lowest BCUT2D eigenvalue weighted by molar-refractivity contribution is 0.000508. The molecule has 2 atom stereocenters. The average Bonchev–Trinajstić information content (AvgIpc) is 2.03. The molecule has 0 bridgehead atoms. The van der Waals surface area contributed by atoms with Gasteiger partial charge in [-0.1, -0.05) is 27.7 Å². The maximum Gasteiger partial charge on any atom is 0.0675 e. The Bertz CT molecular complexity index is 151. The van der Waals surface area contributed by atoms with Gasteiger partial charge in [-0.05, 0) is 30.6 Å². The first-order valence-corrected chi connectivity index (χ1v) is 4.62. The number of hydrogen-bond acceptors (Lipinski definition) is 1. The monoisotopic (exact) mass is 156 g/mol. The maximum absolute atomic E-state index is 10.1. The third-order valence-corrected chi connectivity index (χ3v) is 3.17. The van der Waals surface area contributed by atoms with Crippen molar-refractivity contribution in [1.29, 1.82) is 0 Å². The summed E-state index contributed by atoms with van der Waals surface area (Å²) in [6.45, 7) is 8.74. The van der Waals surface area contributed by atoms with Crippen molar-refractivity contribution in [1.82, 2.24) is 0 Å². The van der Waals surface area contributed by atoms with E-state index in [1.165, 1.54) is 0 Å². The number of aliphatic hydroxyl groups is 1. The summed E-state index contributed by atoms with van der Waals surface area (Å²) in [6.07, 6.45) is 3.03. The zero-order valence-electron chi connectivity index (χ0n) is 8.15. The van der Waals surface area contributed by atoms with E-state index in [2.05, 4.69) is 27.7 Å². The van der Waals surface area contributed by atoms with Crippen LogP contribution in [0.1, 0.15) is 47.0 Å². The Morgan fingerprint density at radius 2 is 2.00 bits per heavy atom. The fourth-order valence-corrected chi connectivity index (χ4v) is 2.57. The van der Waals surface area contributed by atoms with E-state index in [-0.39, 0.29) is 5.60 Å². The van der Waals surface area contributed by atoms with Gasteiger partial charge in [0.1, 0.15) is 0 Å². The van der Waals surface area contributed by atoms with Crippen LogP contribution in [0.2, 0.25) is 0 Å². The highest BCUT2D eigenvalue weighted by molar-refractivity contribution is 4.97. The van der Waals surface area contributed by atoms with Crippen LogP contribution in [0.25, 0.3) is 0 Å². The molecule has 0 heterocycles. The second kappa shape index (κ2) is 2.48. The maximum atomic E-state index is 10.1. The van der Waals surface area contributed by atoms with Crippen LogP contribution in [0.5, 0.6) is 0 Å². The van der Waals surface area contributed by atoms with Crippen LogP contribution in [0, 0.1) is 11.3 Å². The van der Waals surface area contributed by atoms with Crippen LogP contribution in [0.15, 0.2) is 0 Å². The summed E-state index contributed by atoms with van der Waals surface area (Å²) in [5.74, 6) is 0.475. The molecule has 1 aliphatic carbocycles. The second-order valence-electron chi connectivity index (χ2n) is 4.90. The third kappa shape index (κ3) is 1.58. The largest absolute Gasteiger partial charge is 0.390 e. The topological polar surface area (TPSA) is 20.2 Å². The van der Waals surface area contributed by atoms with Crippen LogP contribution < -0.4 is 0 Å². The summed E-state index contributed by atoms with van der Waals surface area (Å²) in [7, 11) is 0. The molecule has 1 fully saturated rings. The Kier molecular flexibility index (Phi) is 2.04. The molecule has 1 aliphatic rings. The van der Waals surface area contributed by atoms with Crippen molar-refractivity contribution in [3.8, 4) is 0 Å². The number of hydrogen-bond donors (Lipinski definition) is 1. The minimum atomic E-state index is -0.372. The van der Waals surface area contributed by atoms with E-state index in [4.69, 9.17) is 0 Å². The third-order valence-electron chi connectivity index (χ3n) is 3.17. The normalized spacial score (nSPS) is 42.8. The van der Waals surface area contributed by atoms with Crippen LogP contribution in [0.3, 0.4) is 0 Å². The average molecular weight is 156 g/mol. The van der Waals surface area contributed by atoms with Crippen molar-refractivity contribution in [2.45, 2.75) is 52.6 Å². The molecular weight excluding hydrogens is 136 g/mol. The Hall–Kier alpha value is -0.0400. The van der Waals surface area contributed by atoms with E-state index < -0.39 is 0 Å². The molecule has 1 saturated carbocycles. The Labute approximate surface area is 69.8 Å². The van der Waals surface area contributed by atoms with E-state index in [1.807, 2.05) is 0 Å². The number of rotatable bonds is 1. The zero-order chi connectivity index (χ0) is 8.70. The molecule has 0 aromatic heterocycles. The lowest BCUT2D eigenvalue weighted by Gasteiger charge is -2.26. The van der Waals surface area contributed by atoms with Gasteiger partial charge in [0.2, 0.25) is 0 Å². The molecule has 0 amide bonds.